The molecule has 2 aromatic carbocycles. The zero-order chi connectivity index (χ0) is 18.9. The molecule has 0 aliphatic carbocycles. The van der Waals surface area contributed by atoms with Crippen LogP contribution >= 0.6 is 0 Å². The first-order chi connectivity index (χ1) is 13.0. The molecule has 2 aliphatic rings. The second-order valence-corrected chi connectivity index (χ2v) is 7.88. The Hall–Kier alpha value is -2.46. The predicted octanol–water partition coefficient (Wildman–Crippen LogP) is 4.58. The summed E-state index contributed by atoms with van der Waals surface area (Å²) in [4.78, 5) is 0. The Bertz CT molecular complexity index is 856. The smallest absolute Gasteiger partial charge is 0.231 e. The first kappa shape index (κ1) is 17.9. The molecule has 0 saturated carbocycles. The zero-order valence-electron chi connectivity index (χ0n) is 16.2. The molecule has 4 rings (SSSR count). The van der Waals surface area contributed by atoms with E-state index < -0.39 is 0 Å². The fourth-order valence-corrected chi connectivity index (χ4v) is 3.64. The Kier molecular flexibility index (Phi) is 4.83. The van der Waals surface area contributed by atoms with Crippen LogP contribution in [0.3, 0.4) is 0 Å². The molecule has 2 heterocycles. The number of para-hydroxylation sites is 1. The molecule has 0 bridgehead atoms. The molecular weight excluding hydrogens is 338 g/mol. The zero-order valence-corrected chi connectivity index (χ0v) is 16.2. The van der Waals surface area contributed by atoms with Crippen LogP contribution in [0, 0.1) is 0 Å². The average Bonchev–Trinajstić information content (AvgIpc) is 3.11. The van der Waals surface area contributed by atoms with Gasteiger partial charge in [-0.3, -0.25) is 0 Å². The van der Waals surface area contributed by atoms with Crippen molar-refractivity contribution in [2.24, 2.45) is 0 Å². The predicted molar refractivity (Wildman–Crippen MR) is 107 cm³/mol. The highest BCUT2D eigenvalue weighted by atomic mass is 16.7. The van der Waals surface area contributed by atoms with Crippen molar-refractivity contribution in [1.29, 1.82) is 0 Å². The largest absolute Gasteiger partial charge is 0.483 e. The lowest BCUT2D eigenvalue weighted by molar-refractivity contribution is 0.157. The summed E-state index contributed by atoms with van der Waals surface area (Å²) in [5.74, 6) is 2.67. The van der Waals surface area contributed by atoms with Gasteiger partial charge < -0.3 is 19.5 Å². The Labute approximate surface area is 161 Å². The van der Waals surface area contributed by atoms with Gasteiger partial charge in [-0.25, -0.2) is 0 Å². The SMILES string of the molecule is CC(CCc1ccc2c(c1)OCO2)NCC1=CC(C)(C)Oc2ccccc21. The summed E-state index contributed by atoms with van der Waals surface area (Å²) >= 11 is 0. The number of hydrogen-bond donors (Lipinski definition) is 1. The molecule has 1 unspecified atom stereocenters. The molecule has 2 aromatic rings. The Balaban J connectivity index is 1.35. The standard InChI is InChI=1S/C23H27NO3/c1-16(8-9-17-10-11-21-22(12-17)26-15-25-21)24-14-18-13-23(2,3)27-20-7-5-4-6-19(18)20/h4-7,10-13,16,24H,8-9,14-15H2,1-3H3. The van der Waals surface area contributed by atoms with Gasteiger partial charge in [-0.1, -0.05) is 24.3 Å². The molecule has 0 spiro atoms. The monoisotopic (exact) mass is 365 g/mol. The van der Waals surface area contributed by atoms with Crippen LogP contribution in [0.4, 0.5) is 0 Å². The highest BCUT2D eigenvalue weighted by molar-refractivity contribution is 5.74. The van der Waals surface area contributed by atoms with Crippen LogP contribution < -0.4 is 19.5 Å². The number of aryl methyl sites for hydroxylation is 1. The quantitative estimate of drug-likeness (QED) is 0.813. The molecule has 0 fully saturated rings. The van der Waals surface area contributed by atoms with Crippen molar-refractivity contribution in [3.05, 3.63) is 59.7 Å². The molecule has 1 N–H and O–H groups in total. The van der Waals surface area contributed by atoms with Crippen molar-refractivity contribution in [3.63, 3.8) is 0 Å². The molecule has 27 heavy (non-hydrogen) atoms. The lowest BCUT2D eigenvalue weighted by Gasteiger charge is -2.31. The summed E-state index contributed by atoms with van der Waals surface area (Å²) in [6.45, 7) is 7.61. The molecule has 4 heteroatoms. The van der Waals surface area contributed by atoms with Crippen LogP contribution in [0.5, 0.6) is 17.2 Å². The van der Waals surface area contributed by atoms with Crippen LogP contribution in [0.25, 0.3) is 5.57 Å². The molecule has 2 aliphatic heterocycles. The molecule has 4 nitrogen and oxygen atoms in total. The van der Waals surface area contributed by atoms with Crippen molar-refractivity contribution in [1.82, 2.24) is 5.32 Å². The first-order valence-corrected chi connectivity index (χ1v) is 9.62. The second-order valence-electron chi connectivity index (χ2n) is 7.88. The number of ether oxygens (including phenoxy) is 3. The molecule has 1 atom stereocenters. The maximum Gasteiger partial charge on any atom is 0.231 e. The van der Waals surface area contributed by atoms with Crippen molar-refractivity contribution >= 4 is 5.57 Å². The van der Waals surface area contributed by atoms with Crippen molar-refractivity contribution in [3.8, 4) is 17.2 Å². The van der Waals surface area contributed by atoms with Crippen molar-refractivity contribution in [2.45, 2.75) is 45.3 Å². The number of fused-ring (bicyclic) bond motifs is 2. The van der Waals surface area contributed by atoms with Crippen LogP contribution in [0.15, 0.2) is 48.5 Å². The average molecular weight is 365 g/mol. The van der Waals surface area contributed by atoms with E-state index in [1.54, 1.807) is 0 Å². The molecular formula is C23H27NO3. The lowest BCUT2D eigenvalue weighted by Crippen LogP contribution is -2.33. The Morgan fingerprint density at radius 3 is 2.74 bits per heavy atom. The van der Waals surface area contributed by atoms with Crippen LogP contribution in [0.2, 0.25) is 0 Å². The molecule has 0 radical (unpaired) electrons. The van der Waals surface area contributed by atoms with Gasteiger partial charge in [-0.15, -0.1) is 0 Å². The third-order valence-electron chi connectivity index (χ3n) is 5.07. The number of benzene rings is 2. The number of hydrogen-bond acceptors (Lipinski definition) is 4. The van der Waals surface area contributed by atoms with Gasteiger partial charge in [0.1, 0.15) is 11.4 Å². The van der Waals surface area contributed by atoms with E-state index in [2.05, 4.69) is 56.4 Å². The van der Waals surface area contributed by atoms with E-state index >= 15 is 0 Å². The third-order valence-corrected chi connectivity index (χ3v) is 5.07. The maximum absolute atomic E-state index is 6.07. The molecule has 0 aromatic heterocycles. The van der Waals surface area contributed by atoms with Crippen LogP contribution in [-0.2, 0) is 6.42 Å². The Morgan fingerprint density at radius 1 is 1.04 bits per heavy atom. The summed E-state index contributed by atoms with van der Waals surface area (Å²) in [7, 11) is 0. The maximum atomic E-state index is 6.07. The van der Waals surface area contributed by atoms with Gasteiger partial charge in [-0.2, -0.15) is 0 Å². The second kappa shape index (κ2) is 7.28. The van der Waals surface area contributed by atoms with Gasteiger partial charge >= 0.3 is 0 Å². The minimum Gasteiger partial charge on any atom is -0.483 e. The van der Waals surface area contributed by atoms with Gasteiger partial charge in [-0.05, 0) is 69.0 Å². The Morgan fingerprint density at radius 2 is 1.85 bits per heavy atom. The normalized spacial score (nSPS) is 17.7. The lowest BCUT2D eigenvalue weighted by atomic mass is 9.94. The van der Waals surface area contributed by atoms with E-state index in [4.69, 9.17) is 14.2 Å². The van der Waals surface area contributed by atoms with E-state index in [0.717, 1.165) is 36.6 Å². The van der Waals surface area contributed by atoms with E-state index in [1.165, 1.54) is 16.7 Å². The fourth-order valence-electron chi connectivity index (χ4n) is 3.64. The fraction of sp³-hybridized carbons (Fsp3) is 0.391. The number of rotatable bonds is 6. The molecule has 142 valence electrons. The highest BCUT2D eigenvalue weighted by Gasteiger charge is 2.26. The highest BCUT2D eigenvalue weighted by Crippen LogP contribution is 2.35. The number of nitrogens with one attached hydrogen (secondary N) is 1. The minimum absolute atomic E-state index is 0.277. The minimum atomic E-state index is -0.277. The summed E-state index contributed by atoms with van der Waals surface area (Å²) in [5.41, 5.74) is 3.50. The van der Waals surface area contributed by atoms with Crippen LogP contribution in [-0.4, -0.2) is 25.0 Å². The van der Waals surface area contributed by atoms with Gasteiger partial charge in [0.15, 0.2) is 11.5 Å². The first-order valence-electron chi connectivity index (χ1n) is 9.62. The van der Waals surface area contributed by atoms with Gasteiger partial charge in [0, 0.05) is 18.2 Å². The third kappa shape index (κ3) is 4.11. The van der Waals surface area contributed by atoms with Gasteiger partial charge in [0.05, 0.1) is 0 Å². The van der Waals surface area contributed by atoms with E-state index in [-0.39, 0.29) is 5.60 Å². The van der Waals surface area contributed by atoms with E-state index in [0.29, 0.717) is 12.8 Å². The van der Waals surface area contributed by atoms with Gasteiger partial charge in [0.25, 0.3) is 0 Å². The van der Waals surface area contributed by atoms with Crippen LogP contribution in [0.1, 0.15) is 38.3 Å². The summed E-state index contributed by atoms with van der Waals surface area (Å²) in [6.07, 6.45) is 4.30. The summed E-state index contributed by atoms with van der Waals surface area (Å²) in [6, 6.07) is 14.9. The van der Waals surface area contributed by atoms with E-state index in [1.807, 2.05) is 18.2 Å². The summed E-state index contributed by atoms with van der Waals surface area (Å²) in [5, 5.41) is 3.67. The van der Waals surface area contributed by atoms with Gasteiger partial charge in [0.2, 0.25) is 6.79 Å². The molecule has 0 saturated heterocycles. The van der Waals surface area contributed by atoms with Crippen molar-refractivity contribution < 1.29 is 14.2 Å². The topological polar surface area (TPSA) is 39.7 Å². The van der Waals surface area contributed by atoms with E-state index in [9.17, 15) is 0 Å². The molecule has 0 amide bonds. The van der Waals surface area contributed by atoms with Crippen molar-refractivity contribution in [2.75, 3.05) is 13.3 Å². The summed E-state index contributed by atoms with van der Waals surface area (Å²) < 4.78 is 16.9.